The lowest BCUT2D eigenvalue weighted by molar-refractivity contribution is -0.131. The molecule has 20 heavy (non-hydrogen) atoms. The Morgan fingerprint density at radius 1 is 1.45 bits per heavy atom. The number of fused-ring (bicyclic) bond motifs is 1. The third kappa shape index (κ3) is 2.98. The molecule has 1 heterocycles. The number of carbonyl (C=O) groups is 1. The summed E-state index contributed by atoms with van der Waals surface area (Å²) in [6.07, 6.45) is 6.81. The van der Waals surface area contributed by atoms with Gasteiger partial charge in [0.15, 0.2) is 0 Å². The van der Waals surface area contributed by atoms with Crippen molar-refractivity contribution < 1.29 is 9.53 Å². The molecular weight excluding hydrogens is 272 g/mol. The zero-order valence-electron chi connectivity index (χ0n) is 11.5. The smallest absolute Gasteiger partial charge is 0.321 e. The Kier molecular flexibility index (Phi) is 3.96. The number of ether oxygens (including phenoxy) is 1. The van der Waals surface area contributed by atoms with E-state index in [1.54, 1.807) is 18.1 Å². The number of hydrogen-bond acceptors (Lipinski definition) is 4. The van der Waals surface area contributed by atoms with Gasteiger partial charge in [-0.05, 0) is 25.0 Å². The summed E-state index contributed by atoms with van der Waals surface area (Å²) in [5.74, 6) is 0.843. The molecule has 0 N–H and O–H groups in total. The highest BCUT2D eigenvalue weighted by Crippen LogP contribution is 2.29. The Bertz CT molecular complexity index is 617. The first-order chi connectivity index (χ1) is 9.72. The average molecular weight is 290 g/mol. The fourth-order valence-electron chi connectivity index (χ4n) is 2.58. The number of esters is 1. The van der Waals surface area contributed by atoms with Gasteiger partial charge in [0.05, 0.1) is 23.1 Å². The zero-order valence-corrected chi connectivity index (χ0v) is 12.4. The van der Waals surface area contributed by atoms with Gasteiger partial charge in [-0.2, -0.15) is 0 Å². The fraction of sp³-hybridized carbons (Fsp3) is 0.467. The van der Waals surface area contributed by atoms with Crippen molar-refractivity contribution in [2.45, 2.75) is 30.9 Å². The Morgan fingerprint density at radius 2 is 2.25 bits per heavy atom. The van der Waals surface area contributed by atoms with Crippen molar-refractivity contribution in [3.63, 3.8) is 0 Å². The van der Waals surface area contributed by atoms with Crippen molar-refractivity contribution >= 4 is 28.8 Å². The molecule has 3 rings (SSSR count). The summed E-state index contributed by atoms with van der Waals surface area (Å²) in [4.78, 5) is 16.1. The average Bonchev–Trinajstić information content (AvgIpc) is 3.07. The molecule has 0 saturated heterocycles. The molecular formula is C15H18N2O2S. The van der Waals surface area contributed by atoms with Gasteiger partial charge < -0.3 is 9.30 Å². The first-order valence-corrected chi connectivity index (χ1v) is 8.00. The molecule has 1 aliphatic rings. The molecule has 1 aliphatic carbocycles. The van der Waals surface area contributed by atoms with Crippen LogP contribution in [0.15, 0.2) is 24.5 Å². The first kappa shape index (κ1) is 13.5. The molecule has 1 aromatic heterocycles. The van der Waals surface area contributed by atoms with Crippen molar-refractivity contribution in [1.82, 2.24) is 9.55 Å². The number of nitrogens with zero attached hydrogens (tertiary/aromatic N) is 2. The van der Waals surface area contributed by atoms with Gasteiger partial charge in [0.1, 0.15) is 5.75 Å². The van der Waals surface area contributed by atoms with E-state index >= 15 is 0 Å². The SMILES string of the molecule is Cn1cnc2cc(OC(=O)CSC3CCCC3)ccc21. The predicted molar refractivity (Wildman–Crippen MR) is 81.1 cm³/mol. The monoisotopic (exact) mass is 290 g/mol. The maximum absolute atomic E-state index is 11.8. The number of aryl methyl sites for hydroxylation is 1. The molecule has 0 amide bonds. The Hall–Kier alpha value is -1.49. The number of rotatable bonds is 4. The summed E-state index contributed by atoms with van der Waals surface area (Å²) in [6, 6.07) is 5.56. The van der Waals surface area contributed by atoms with Gasteiger partial charge in [0, 0.05) is 18.4 Å². The molecule has 0 atom stereocenters. The van der Waals surface area contributed by atoms with Crippen molar-refractivity contribution in [1.29, 1.82) is 0 Å². The van der Waals surface area contributed by atoms with E-state index < -0.39 is 0 Å². The van der Waals surface area contributed by atoms with Crippen LogP contribution in [-0.2, 0) is 11.8 Å². The first-order valence-electron chi connectivity index (χ1n) is 6.96. The number of imidazole rings is 1. The van der Waals surface area contributed by atoms with E-state index in [9.17, 15) is 4.79 Å². The topological polar surface area (TPSA) is 44.1 Å². The van der Waals surface area contributed by atoms with Crippen LogP contribution in [0.25, 0.3) is 11.0 Å². The van der Waals surface area contributed by atoms with Gasteiger partial charge in [-0.3, -0.25) is 4.79 Å². The van der Waals surface area contributed by atoms with Crippen LogP contribution in [0.1, 0.15) is 25.7 Å². The van der Waals surface area contributed by atoms with Crippen molar-refractivity contribution in [3.05, 3.63) is 24.5 Å². The minimum atomic E-state index is -0.169. The Balaban J connectivity index is 1.58. The summed E-state index contributed by atoms with van der Waals surface area (Å²) in [5.41, 5.74) is 1.88. The molecule has 1 aromatic carbocycles. The van der Waals surface area contributed by atoms with E-state index in [0.29, 0.717) is 16.8 Å². The normalized spacial score (nSPS) is 15.8. The third-order valence-corrected chi connectivity index (χ3v) is 5.01. The second-order valence-corrected chi connectivity index (χ2v) is 6.49. The van der Waals surface area contributed by atoms with Crippen LogP contribution in [0, 0.1) is 0 Å². The van der Waals surface area contributed by atoms with Crippen molar-refractivity contribution in [2.75, 3.05) is 5.75 Å². The Labute approximate surface area is 122 Å². The third-order valence-electron chi connectivity index (χ3n) is 3.67. The number of thioether (sulfide) groups is 1. The standard InChI is InChI=1S/C15H18N2O2S/c1-17-10-16-13-8-11(6-7-14(13)17)19-15(18)9-20-12-4-2-3-5-12/h6-8,10,12H,2-5,9H2,1H3. The number of benzene rings is 1. The predicted octanol–water partition coefficient (Wildman–Crippen LogP) is 3.15. The second kappa shape index (κ2) is 5.87. The largest absolute Gasteiger partial charge is 0.426 e. The van der Waals surface area contributed by atoms with Crippen LogP contribution in [0.4, 0.5) is 0 Å². The van der Waals surface area contributed by atoms with E-state index in [4.69, 9.17) is 4.74 Å². The molecule has 0 spiro atoms. The van der Waals surface area contributed by atoms with Crippen LogP contribution in [0.3, 0.4) is 0 Å². The highest BCUT2D eigenvalue weighted by molar-refractivity contribution is 8.00. The molecule has 5 heteroatoms. The van der Waals surface area contributed by atoms with Crippen LogP contribution >= 0.6 is 11.8 Å². The van der Waals surface area contributed by atoms with Gasteiger partial charge in [-0.25, -0.2) is 4.98 Å². The quantitative estimate of drug-likeness (QED) is 0.641. The molecule has 106 valence electrons. The lowest BCUT2D eigenvalue weighted by Gasteiger charge is -2.08. The van der Waals surface area contributed by atoms with Crippen molar-refractivity contribution in [3.8, 4) is 5.75 Å². The lowest BCUT2D eigenvalue weighted by atomic mass is 10.3. The molecule has 0 radical (unpaired) electrons. The Morgan fingerprint density at radius 3 is 3.05 bits per heavy atom. The summed E-state index contributed by atoms with van der Waals surface area (Å²) < 4.78 is 7.32. The summed E-state index contributed by atoms with van der Waals surface area (Å²) >= 11 is 1.72. The fourth-order valence-corrected chi connectivity index (χ4v) is 3.68. The number of carbonyl (C=O) groups excluding carboxylic acids is 1. The molecule has 0 unspecified atom stereocenters. The maximum Gasteiger partial charge on any atom is 0.321 e. The molecule has 1 saturated carbocycles. The van der Waals surface area contributed by atoms with Gasteiger partial charge >= 0.3 is 5.97 Å². The van der Waals surface area contributed by atoms with Crippen LogP contribution in [0.2, 0.25) is 0 Å². The van der Waals surface area contributed by atoms with Gasteiger partial charge in [0.2, 0.25) is 0 Å². The summed E-state index contributed by atoms with van der Waals surface area (Å²) in [7, 11) is 1.94. The second-order valence-electron chi connectivity index (χ2n) is 5.20. The minimum absolute atomic E-state index is 0.169. The zero-order chi connectivity index (χ0) is 13.9. The summed E-state index contributed by atoms with van der Waals surface area (Å²) in [6.45, 7) is 0. The number of aromatic nitrogens is 2. The maximum atomic E-state index is 11.8. The van der Waals surface area contributed by atoms with Gasteiger partial charge in [0.25, 0.3) is 0 Å². The van der Waals surface area contributed by atoms with Crippen LogP contribution < -0.4 is 4.74 Å². The molecule has 4 nitrogen and oxygen atoms in total. The van der Waals surface area contributed by atoms with E-state index in [1.165, 1.54) is 25.7 Å². The highest BCUT2D eigenvalue weighted by Gasteiger charge is 2.17. The molecule has 1 fully saturated rings. The van der Waals surface area contributed by atoms with Crippen LogP contribution in [-0.4, -0.2) is 26.5 Å². The van der Waals surface area contributed by atoms with Gasteiger partial charge in [-0.15, -0.1) is 11.8 Å². The van der Waals surface area contributed by atoms with E-state index in [-0.39, 0.29) is 5.97 Å². The number of hydrogen-bond donors (Lipinski definition) is 0. The van der Waals surface area contributed by atoms with Crippen LogP contribution in [0.5, 0.6) is 5.75 Å². The van der Waals surface area contributed by atoms with E-state index in [1.807, 2.05) is 29.8 Å². The van der Waals surface area contributed by atoms with Crippen molar-refractivity contribution in [2.24, 2.45) is 7.05 Å². The molecule has 2 aromatic rings. The molecule has 0 aliphatic heterocycles. The van der Waals surface area contributed by atoms with E-state index in [2.05, 4.69) is 4.98 Å². The summed E-state index contributed by atoms with van der Waals surface area (Å²) in [5, 5.41) is 0.640. The molecule has 0 bridgehead atoms. The van der Waals surface area contributed by atoms with Gasteiger partial charge in [-0.1, -0.05) is 12.8 Å². The highest BCUT2D eigenvalue weighted by atomic mass is 32.2. The van der Waals surface area contributed by atoms with E-state index in [0.717, 1.165) is 11.0 Å². The minimum Gasteiger partial charge on any atom is -0.426 e. The lowest BCUT2D eigenvalue weighted by Crippen LogP contribution is -2.13.